The number of thioether (sulfide) groups is 1. The molecule has 0 saturated carbocycles. The molecule has 1 N–H and O–H groups in total. The first-order chi connectivity index (χ1) is 12.7. The maximum atomic E-state index is 12.5. The predicted molar refractivity (Wildman–Crippen MR) is 102 cm³/mol. The molecule has 0 saturated heterocycles. The Balaban J connectivity index is 1.52. The van der Waals surface area contributed by atoms with Crippen molar-refractivity contribution in [3.05, 3.63) is 77.3 Å². The average molecular weight is 367 g/mol. The van der Waals surface area contributed by atoms with Crippen LogP contribution >= 0.6 is 11.8 Å². The van der Waals surface area contributed by atoms with Gasteiger partial charge >= 0.3 is 0 Å². The Morgan fingerprint density at radius 2 is 2.04 bits per heavy atom. The second-order valence-corrected chi connectivity index (χ2v) is 6.88. The van der Waals surface area contributed by atoms with Gasteiger partial charge in [0.05, 0.1) is 11.3 Å². The zero-order chi connectivity index (χ0) is 18.2. The molecule has 0 bridgehead atoms. The van der Waals surface area contributed by atoms with E-state index in [1.165, 1.54) is 17.3 Å². The number of carbonyl (C=O) groups excluding carboxylic acids is 1. The minimum Gasteiger partial charge on any atom is -0.361 e. The first kappa shape index (κ1) is 18.2. The standard InChI is InChI=1S/C20H21N3O2S/c1-15-13-17(23-25-15)14-26-20-18(10-6-12-22-20)19(24)21-11-5-9-16-7-3-2-4-8-16/h2-4,6-8,10,12-13H,5,9,11,14H2,1H3,(H,21,24). The maximum absolute atomic E-state index is 12.5. The number of benzene rings is 1. The maximum Gasteiger partial charge on any atom is 0.254 e. The van der Waals surface area contributed by atoms with Gasteiger partial charge in [0, 0.05) is 24.6 Å². The van der Waals surface area contributed by atoms with Crippen molar-refractivity contribution >= 4 is 17.7 Å². The lowest BCUT2D eigenvalue weighted by Crippen LogP contribution is -2.25. The highest BCUT2D eigenvalue weighted by molar-refractivity contribution is 7.98. The molecule has 26 heavy (non-hydrogen) atoms. The second-order valence-electron chi connectivity index (χ2n) is 5.92. The van der Waals surface area contributed by atoms with E-state index in [0.717, 1.165) is 24.3 Å². The van der Waals surface area contributed by atoms with Crippen molar-refractivity contribution < 1.29 is 9.32 Å². The Morgan fingerprint density at radius 3 is 2.81 bits per heavy atom. The molecule has 0 atom stereocenters. The summed E-state index contributed by atoms with van der Waals surface area (Å²) in [5.74, 6) is 1.30. The number of hydrogen-bond donors (Lipinski definition) is 1. The zero-order valence-corrected chi connectivity index (χ0v) is 15.5. The Kier molecular flexibility index (Phi) is 6.44. The highest BCUT2D eigenvalue weighted by atomic mass is 32.2. The number of hydrogen-bond acceptors (Lipinski definition) is 5. The molecular weight excluding hydrogens is 346 g/mol. The molecular formula is C20H21N3O2S. The van der Waals surface area contributed by atoms with Gasteiger partial charge in [-0.25, -0.2) is 4.98 Å². The highest BCUT2D eigenvalue weighted by Gasteiger charge is 2.13. The molecule has 0 aliphatic carbocycles. The number of nitrogens with zero attached hydrogens (tertiary/aromatic N) is 2. The number of pyridine rings is 1. The first-order valence-corrected chi connectivity index (χ1v) is 9.53. The van der Waals surface area contributed by atoms with E-state index in [1.807, 2.05) is 31.2 Å². The minimum atomic E-state index is -0.0926. The van der Waals surface area contributed by atoms with Crippen LogP contribution in [-0.4, -0.2) is 22.6 Å². The lowest BCUT2D eigenvalue weighted by Gasteiger charge is -2.08. The molecule has 3 rings (SSSR count). The fraction of sp³-hybridized carbons (Fsp3) is 0.250. The molecule has 134 valence electrons. The number of amides is 1. The van der Waals surface area contributed by atoms with Gasteiger partial charge in [-0.05, 0) is 37.5 Å². The largest absolute Gasteiger partial charge is 0.361 e. The van der Waals surface area contributed by atoms with Gasteiger partial charge in [-0.3, -0.25) is 4.79 Å². The van der Waals surface area contributed by atoms with E-state index in [1.54, 1.807) is 18.3 Å². The summed E-state index contributed by atoms with van der Waals surface area (Å²) < 4.78 is 5.07. The normalized spacial score (nSPS) is 10.7. The van der Waals surface area contributed by atoms with E-state index in [2.05, 4.69) is 27.6 Å². The molecule has 1 aromatic carbocycles. The van der Waals surface area contributed by atoms with E-state index in [4.69, 9.17) is 4.52 Å². The van der Waals surface area contributed by atoms with Crippen LogP contribution in [0.3, 0.4) is 0 Å². The summed E-state index contributed by atoms with van der Waals surface area (Å²) >= 11 is 1.48. The fourth-order valence-corrected chi connectivity index (χ4v) is 3.41. The van der Waals surface area contributed by atoms with E-state index >= 15 is 0 Å². The zero-order valence-electron chi connectivity index (χ0n) is 14.6. The Morgan fingerprint density at radius 1 is 1.19 bits per heavy atom. The molecule has 1 amide bonds. The molecule has 2 aromatic heterocycles. The number of aryl methyl sites for hydroxylation is 2. The van der Waals surface area contributed by atoms with Gasteiger partial charge < -0.3 is 9.84 Å². The van der Waals surface area contributed by atoms with Crippen molar-refractivity contribution in [2.24, 2.45) is 0 Å². The van der Waals surface area contributed by atoms with Gasteiger partial charge in [-0.2, -0.15) is 0 Å². The Labute approximate surface area is 157 Å². The Bertz CT molecular complexity index is 849. The molecule has 0 fully saturated rings. The van der Waals surface area contributed by atoms with Crippen molar-refractivity contribution in [3.63, 3.8) is 0 Å². The summed E-state index contributed by atoms with van der Waals surface area (Å²) in [4.78, 5) is 16.8. The molecule has 6 heteroatoms. The lowest BCUT2D eigenvalue weighted by molar-refractivity contribution is 0.0949. The summed E-state index contributed by atoms with van der Waals surface area (Å²) in [6.07, 6.45) is 3.54. The molecule has 3 aromatic rings. The van der Waals surface area contributed by atoms with Crippen LogP contribution in [0.1, 0.15) is 33.8 Å². The van der Waals surface area contributed by atoms with Crippen molar-refractivity contribution in [2.75, 3.05) is 6.54 Å². The first-order valence-electron chi connectivity index (χ1n) is 8.54. The van der Waals surface area contributed by atoms with Gasteiger partial charge in [0.2, 0.25) is 0 Å². The van der Waals surface area contributed by atoms with Gasteiger partial charge in [0.25, 0.3) is 5.91 Å². The molecule has 5 nitrogen and oxygen atoms in total. The SMILES string of the molecule is Cc1cc(CSc2ncccc2C(=O)NCCCc2ccccc2)no1. The van der Waals surface area contributed by atoms with Crippen LogP contribution in [0.4, 0.5) is 0 Å². The predicted octanol–water partition coefficient (Wildman–Crippen LogP) is 4.03. The van der Waals surface area contributed by atoms with Gasteiger partial charge in [-0.15, -0.1) is 0 Å². The van der Waals surface area contributed by atoms with Crippen molar-refractivity contribution in [1.82, 2.24) is 15.5 Å². The quantitative estimate of drug-likeness (QED) is 0.481. The summed E-state index contributed by atoms with van der Waals surface area (Å²) in [6.45, 7) is 2.49. The lowest BCUT2D eigenvalue weighted by atomic mass is 10.1. The van der Waals surface area contributed by atoms with Gasteiger partial charge in [0.1, 0.15) is 10.8 Å². The van der Waals surface area contributed by atoms with Crippen molar-refractivity contribution in [3.8, 4) is 0 Å². The van der Waals surface area contributed by atoms with Crippen LogP contribution in [0, 0.1) is 6.92 Å². The van der Waals surface area contributed by atoms with Crippen molar-refractivity contribution in [2.45, 2.75) is 30.5 Å². The molecule has 0 unspecified atom stereocenters. The smallest absolute Gasteiger partial charge is 0.254 e. The van der Waals surface area contributed by atoms with Crippen LogP contribution in [0.5, 0.6) is 0 Å². The second kappa shape index (κ2) is 9.20. The summed E-state index contributed by atoms with van der Waals surface area (Å²) in [6, 6.07) is 15.7. The van der Waals surface area contributed by atoms with E-state index < -0.39 is 0 Å². The number of rotatable bonds is 8. The third-order valence-corrected chi connectivity index (χ3v) is 4.86. The van der Waals surface area contributed by atoms with Crippen LogP contribution in [-0.2, 0) is 12.2 Å². The number of carbonyl (C=O) groups is 1. The summed E-state index contributed by atoms with van der Waals surface area (Å²) in [7, 11) is 0. The highest BCUT2D eigenvalue weighted by Crippen LogP contribution is 2.24. The monoisotopic (exact) mass is 367 g/mol. The third-order valence-electron chi connectivity index (χ3n) is 3.82. The van der Waals surface area contributed by atoms with Crippen LogP contribution in [0.15, 0.2) is 64.3 Å². The van der Waals surface area contributed by atoms with Gasteiger partial charge in [-0.1, -0.05) is 47.3 Å². The number of aromatic nitrogens is 2. The fourth-order valence-electron chi connectivity index (χ4n) is 2.54. The summed E-state index contributed by atoms with van der Waals surface area (Å²) in [5.41, 5.74) is 2.71. The van der Waals surface area contributed by atoms with Crippen molar-refractivity contribution in [1.29, 1.82) is 0 Å². The third kappa shape index (κ3) is 5.20. The topological polar surface area (TPSA) is 68.0 Å². The molecule has 2 heterocycles. The minimum absolute atomic E-state index is 0.0926. The Hall–Kier alpha value is -2.60. The van der Waals surface area contributed by atoms with E-state index in [0.29, 0.717) is 22.9 Å². The van der Waals surface area contributed by atoms with Crippen LogP contribution in [0.25, 0.3) is 0 Å². The van der Waals surface area contributed by atoms with Gasteiger partial charge in [0.15, 0.2) is 0 Å². The molecule has 0 radical (unpaired) electrons. The molecule has 0 aliphatic rings. The average Bonchev–Trinajstić information content (AvgIpc) is 3.10. The van der Waals surface area contributed by atoms with E-state index in [9.17, 15) is 4.79 Å². The molecule has 0 spiro atoms. The number of nitrogens with one attached hydrogen (secondary N) is 1. The van der Waals surface area contributed by atoms with E-state index in [-0.39, 0.29) is 5.91 Å². The van der Waals surface area contributed by atoms with Crippen LogP contribution in [0.2, 0.25) is 0 Å². The molecule has 0 aliphatic heterocycles. The summed E-state index contributed by atoms with van der Waals surface area (Å²) in [5, 5.41) is 7.66. The van der Waals surface area contributed by atoms with Crippen LogP contribution < -0.4 is 5.32 Å².